The molecule has 0 heterocycles. The van der Waals surface area contributed by atoms with Crippen molar-refractivity contribution in [3.05, 3.63) is 59.7 Å². The molecule has 2 aromatic rings. The fourth-order valence-electron chi connectivity index (χ4n) is 1.96. The molecule has 0 saturated carbocycles. The number of halogens is 2. The SMILES string of the molecule is COC(=O)c1ccc(OCC(=O)NCC(=O)Nc2ccc(F)c(F)c2)cc1. The number of nitrogens with one attached hydrogen (secondary N) is 2. The van der Waals surface area contributed by atoms with Crippen LogP contribution in [0.25, 0.3) is 0 Å². The summed E-state index contributed by atoms with van der Waals surface area (Å²) in [4.78, 5) is 34.7. The average Bonchev–Trinajstić information content (AvgIpc) is 2.67. The summed E-state index contributed by atoms with van der Waals surface area (Å²) in [7, 11) is 1.26. The number of hydrogen-bond acceptors (Lipinski definition) is 5. The van der Waals surface area contributed by atoms with Gasteiger partial charge in [0.25, 0.3) is 5.91 Å². The van der Waals surface area contributed by atoms with E-state index < -0.39 is 29.4 Å². The van der Waals surface area contributed by atoms with Gasteiger partial charge in [-0.3, -0.25) is 9.59 Å². The van der Waals surface area contributed by atoms with Crippen molar-refractivity contribution in [3.8, 4) is 5.75 Å². The highest BCUT2D eigenvalue weighted by molar-refractivity contribution is 5.94. The van der Waals surface area contributed by atoms with E-state index in [4.69, 9.17) is 4.74 Å². The van der Waals surface area contributed by atoms with E-state index in [0.29, 0.717) is 11.3 Å². The molecule has 142 valence electrons. The number of carbonyl (C=O) groups is 3. The molecule has 0 bridgehead atoms. The van der Waals surface area contributed by atoms with E-state index in [9.17, 15) is 23.2 Å². The molecule has 0 saturated heterocycles. The van der Waals surface area contributed by atoms with Crippen LogP contribution in [0.2, 0.25) is 0 Å². The fourth-order valence-corrected chi connectivity index (χ4v) is 1.96. The number of hydrogen-bond donors (Lipinski definition) is 2. The number of methoxy groups -OCH3 is 1. The normalized spacial score (nSPS) is 10.0. The molecule has 9 heteroatoms. The van der Waals surface area contributed by atoms with Gasteiger partial charge in [0, 0.05) is 11.8 Å². The van der Waals surface area contributed by atoms with Crippen LogP contribution in [-0.2, 0) is 14.3 Å². The summed E-state index contributed by atoms with van der Waals surface area (Å²) >= 11 is 0. The summed E-state index contributed by atoms with van der Waals surface area (Å²) in [5, 5.41) is 4.64. The van der Waals surface area contributed by atoms with Gasteiger partial charge >= 0.3 is 5.97 Å². The Morgan fingerprint density at radius 1 is 0.963 bits per heavy atom. The molecule has 0 aliphatic carbocycles. The van der Waals surface area contributed by atoms with Gasteiger partial charge in [-0.25, -0.2) is 13.6 Å². The second-order valence-electron chi connectivity index (χ2n) is 5.26. The molecule has 0 atom stereocenters. The van der Waals surface area contributed by atoms with Crippen LogP contribution < -0.4 is 15.4 Å². The third kappa shape index (κ3) is 6.07. The maximum Gasteiger partial charge on any atom is 0.337 e. The summed E-state index contributed by atoms with van der Waals surface area (Å²) in [5.74, 6) is -3.44. The lowest BCUT2D eigenvalue weighted by Gasteiger charge is -2.09. The lowest BCUT2D eigenvalue weighted by Crippen LogP contribution is -2.35. The Kier molecular flexibility index (Phi) is 6.81. The Hall–Kier alpha value is -3.49. The number of anilines is 1. The zero-order valence-electron chi connectivity index (χ0n) is 14.3. The topological polar surface area (TPSA) is 93.7 Å². The molecule has 0 spiro atoms. The Morgan fingerprint density at radius 2 is 1.67 bits per heavy atom. The van der Waals surface area contributed by atoms with Crippen molar-refractivity contribution in [2.75, 3.05) is 25.6 Å². The van der Waals surface area contributed by atoms with Crippen LogP contribution in [-0.4, -0.2) is 38.0 Å². The number of rotatable bonds is 7. The highest BCUT2D eigenvalue weighted by Gasteiger charge is 2.09. The Morgan fingerprint density at radius 3 is 2.30 bits per heavy atom. The molecule has 2 amide bonds. The first-order chi connectivity index (χ1) is 12.9. The van der Waals surface area contributed by atoms with Crippen LogP contribution in [0.1, 0.15) is 10.4 Å². The van der Waals surface area contributed by atoms with Crippen molar-refractivity contribution in [1.82, 2.24) is 5.32 Å². The van der Waals surface area contributed by atoms with E-state index in [0.717, 1.165) is 12.1 Å². The van der Waals surface area contributed by atoms with Crippen molar-refractivity contribution in [1.29, 1.82) is 0 Å². The fraction of sp³-hybridized carbons (Fsp3) is 0.167. The first kappa shape index (κ1) is 19.8. The largest absolute Gasteiger partial charge is 0.484 e. The Bertz CT molecular complexity index is 840. The lowest BCUT2D eigenvalue weighted by molar-refractivity contribution is -0.125. The molecular weight excluding hydrogens is 362 g/mol. The van der Waals surface area contributed by atoms with Crippen molar-refractivity contribution in [2.45, 2.75) is 0 Å². The van der Waals surface area contributed by atoms with Gasteiger partial charge in [0.05, 0.1) is 19.2 Å². The molecular formula is C18H16F2N2O5. The summed E-state index contributed by atoms with van der Waals surface area (Å²) < 4.78 is 35.7. The zero-order valence-corrected chi connectivity index (χ0v) is 14.3. The van der Waals surface area contributed by atoms with Crippen LogP contribution in [0.3, 0.4) is 0 Å². The Balaban J connectivity index is 1.74. The van der Waals surface area contributed by atoms with Crippen LogP contribution in [0.4, 0.5) is 14.5 Å². The minimum Gasteiger partial charge on any atom is -0.484 e. The molecule has 0 aliphatic heterocycles. The van der Waals surface area contributed by atoms with Crippen LogP contribution in [0.15, 0.2) is 42.5 Å². The van der Waals surface area contributed by atoms with Gasteiger partial charge in [0.1, 0.15) is 5.75 Å². The maximum absolute atomic E-state index is 13.1. The molecule has 2 N–H and O–H groups in total. The number of esters is 1. The minimum atomic E-state index is -1.09. The van der Waals surface area contributed by atoms with Gasteiger partial charge in [-0.1, -0.05) is 0 Å². The van der Waals surface area contributed by atoms with Crippen LogP contribution >= 0.6 is 0 Å². The number of carbonyl (C=O) groups excluding carboxylic acids is 3. The van der Waals surface area contributed by atoms with Crippen molar-refractivity contribution < 1.29 is 32.6 Å². The Labute approximate surface area is 153 Å². The molecule has 0 aromatic heterocycles. The lowest BCUT2D eigenvalue weighted by atomic mass is 10.2. The summed E-state index contributed by atoms with van der Waals surface area (Å²) in [6.45, 7) is -0.724. The number of ether oxygens (including phenoxy) is 2. The van der Waals surface area contributed by atoms with Gasteiger partial charge in [-0.05, 0) is 36.4 Å². The maximum atomic E-state index is 13.1. The quantitative estimate of drug-likeness (QED) is 0.718. The van der Waals surface area contributed by atoms with E-state index in [1.165, 1.54) is 37.4 Å². The molecule has 0 radical (unpaired) electrons. The second-order valence-corrected chi connectivity index (χ2v) is 5.26. The molecule has 2 rings (SSSR count). The molecule has 2 aromatic carbocycles. The van der Waals surface area contributed by atoms with Gasteiger partial charge < -0.3 is 20.1 Å². The van der Waals surface area contributed by atoms with E-state index in [2.05, 4.69) is 15.4 Å². The molecule has 0 unspecified atom stereocenters. The first-order valence-electron chi connectivity index (χ1n) is 7.72. The van der Waals surface area contributed by atoms with E-state index in [1.807, 2.05) is 0 Å². The van der Waals surface area contributed by atoms with Crippen molar-refractivity contribution >= 4 is 23.5 Å². The standard InChI is InChI=1S/C18H16F2N2O5/c1-26-18(25)11-2-5-13(6-3-11)27-10-17(24)21-9-16(23)22-12-4-7-14(19)15(20)8-12/h2-8H,9-10H2,1H3,(H,21,24)(H,22,23). The van der Waals surface area contributed by atoms with E-state index >= 15 is 0 Å². The zero-order chi connectivity index (χ0) is 19.8. The molecule has 7 nitrogen and oxygen atoms in total. The summed E-state index contributed by atoms with van der Waals surface area (Å²) in [6, 6.07) is 8.85. The minimum absolute atomic E-state index is 0.0649. The molecule has 0 aliphatic rings. The van der Waals surface area contributed by atoms with Gasteiger partial charge in [-0.2, -0.15) is 0 Å². The summed E-state index contributed by atoms with van der Waals surface area (Å²) in [6.07, 6.45) is 0. The molecule has 0 fully saturated rings. The van der Waals surface area contributed by atoms with E-state index in [-0.39, 0.29) is 18.8 Å². The van der Waals surface area contributed by atoms with Crippen molar-refractivity contribution in [2.24, 2.45) is 0 Å². The smallest absolute Gasteiger partial charge is 0.337 e. The highest BCUT2D eigenvalue weighted by Crippen LogP contribution is 2.13. The van der Waals surface area contributed by atoms with Crippen molar-refractivity contribution in [3.63, 3.8) is 0 Å². The monoisotopic (exact) mass is 378 g/mol. The predicted molar refractivity (Wildman–Crippen MR) is 91.3 cm³/mol. The number of benzene rings is 2. The highest BCUT2D eigenvalue weighted by atomic mass is 19.2. The third-order valence-corrected chi connectivity index (χ3v) is 3.29. The van der Waals surface area contributed by atoms with Gasteiger partial charge in [0.15, 0.2) is 18.2 Å². The molecule has 27 heavy (non-hydrogen) atoms. The van der Waals surface area contributed by atoms with Gasteiger partial charge in [0.2, 0.25) is 5.91 Å². The van der Waals surface area contributed by atoms with Crippen LogP contribution in [0, 0.1) is 11.6 Å². The van der Waals surface area contributed by atoms with Crippen LogP contribution in [0.5, 0.6) is 5.75 Å². The van der Waals surface area contributed by atoms with E-state index in [1.54, 1.807) is 0 Å². The summed E-state index contributed by atoms with van der Waals surface area (Å²) in [5.41, 5.74) is 0.401. The first-order valence-corrected chi connectivity index (χ1v) is 7.72. The third-order valence-electron chi connectivity index (χ3n) is 3.29. The predicted octanol–water partition coefficient (Wildman–Crippen LogP) is 1.89. The average molecular weight is 378 g/mol. The van der Waals surface area contributed by atoms with Gasteiger partial charge in [-0.15, -0.1) is 0 Å². The second kappa shape index (κ2) is 9.27. The number of amides is 2.